The quantitative estimate of drug-likeness (QED) is 0.774. The van der Waals surface area contributed by atoms with Crippen molar-refractivity contribution in [1.29, 1.82) is 0 Å². The van der Waals surface area contributed by atoms with Gasteiger partial charge in [0.15, 0.2) is 0 Å². The Hall–Kier alpha value is -2.75. The molecule has 24 heavy (non-hydrogen) atoms. The van der Waals surface area contributed by atoms with Gasteiger partial charge in [-0.3, -0.25) is 4.79 Å². The third kappa shape index (κ3) is 2.35. The van der Waals surface area contributed by atoms with Crippen LogP contribution in [0, 0.1) is 6.92 Å². The highest BCUT2D eigenvalue weighted by molar-refractivity contribution is 6.06. The molecule has 4 rings (SSSR count). The van der Waals surface area contributed by atoms with Crippen molar-refractivity contribution in [2.45, 2.75) is 26.4 Å². The number of aryl methyl sites for hydroxylation is 2. The van der Waals surface area contributed by atoms with Crippen LogP contribution >= 0.6 is 0 Å². The molecule has 4 heteroatoms. The number of hydrogen-bond acceptors (Lipinski definition) is 2. The fourth-order valence-electron chi connectivity index (χ4n) is 3.53. The van der Waals surface area contributed by atoms with Crippen molar-refractivity contribution in [3.63, 3.8) is 0 Å². The maximum atomic E-state index is 12.7. The van der Waals surface area contributed by atoms with Crippen molar-refractivity contribution in [2.24, 2.45) is 7.05 Å². The van der Waals surface area contributed by atoms with Gasteiger partial charge >= 0.3 is 0 Å². The van der Waals surface area contributed by atoms with Crippen LogP contribution in [0.3, 0.4) is 0 Å². The fourth-order valence-corrected chi connectivity index (χ4v) is 3.53. The van der Waals surface area contributed by atoms with Gasteiger partial charge in [-0.1, -0.05) is 18.2 Å². The average Bonchev–Trinajstić information content (AvgIpc) is 3.07. The van der Waals surface area contributed by atoms with Crippen molar-refractivity contribution < 1.29 is 9.53 Å². The molecule has 0 aliphatic carbocycles. The van der Waals surface area contributed by atoms with E-state index in [2.05, 4.69) is 25.2 Å². The number of fused-ring (bicyclic) bond motifs is 2. The maximum Gasteiger partial charge on any atom is 0.272 e. The molecule has 0 radical (unpaired) electrons. The molecule has 1 aromatic heterocycles. The number of carbonyl (C=O) groups excluding carboxylic acids is 1. The molecule has 1 aliphatic rings. The minimum absolute atomic E-state index is 0.0972. The summed E-state index contributed by atoms with van der Waals surface area (Å²) in [6, 6.07) is 13.9. The molecule has 1 aliphatic heterocycles. The van der Waals surface area contributed by atoms with Crippen LogP contribution in [-0.2, 0) is 13.5 Å². The van der Waals surface area contributed by atoms with Gasteiger partial charge in [-0.05, 0) is 49.2 Å². The normalized spacial score (nSPS) is 16.0. The highest BCUT2D eigenvalue weighted by Gasteiger charge is 2.20. The Morgan fingerprint density at radius 3 is 2.88 bits per heavy atom. The molecule has 0 saturated heterocycles. The summed E-state index contributed by atoms with van der Waals surface area (Å²) >= 11 is 0. The molecule has 0 fully saturated rings. The number of aromatic nitrogens is 1. The smallest absolute Gasteiger partial charge is 0.272 e. The van der Waals surface area contributed by atoms with Gasteiger partial charge in [0.25, 0.3) is 5.91 Å². The summed E-state index contributed by atoms with van der Waals surface area (Å²) < 4.78 is 7.66. The van der Waals surface area contributed by atoms with Crippen molar-refractivity contribution >= 4 is 22.5 Å². The number of anilines is 1. The van der Waals surface area contributed by atoms with E-state index in [1.165, 1.54) is 0 Å². The zero-order valence-electron chi connectivity index (χ0n) is 14.1. The van der Waals surface area contributed by atoms with Gasteiger partial charge in [-0.2, -0.15) is 0 Å². The number of nitrogens with zero attached hydrogens (tertiary/aromatic N) is 1. The Morgan fingerprint density at radius 2 is 2.08 bits per heavy atom. The van der Waals surface area contributed by atoms with E-state index in [4.69, 9.17) is 4.74 Å². The van der Waals surface area contributed by atoms with Gasteiger partial charge in [-0.15, -0.1) is 0 Å². The van der Waals surface area contributed by atoms with Crippen LogP contribution in [0.4, 0.5) is 5.69 Å². The largest absolute Gasteiger partial charge is 0.490 e. The van der Waals surface area contributed by atoms with Crippen LogP contribution in [0.5, 0.6) is 5.75 Å². The summed E-state index contributed by atoms with van der Waals surface area (Å²) in [6.45, 7) is 4.11. The average molecular weight is 320 g/mol. The Balaban J connectivity index is 1.65. The molecule has 1 unspecified atom stereocenters. The van der Waals surface area contributed by atoms with Crippen LogP contribution in [0.1, 0.15) is 28.5 Å². The number of hydrogen-bond donors (Lipinski definition) is 1. The van der Waals surface area contributed by atoms with Gasteiger partial charge in [0.1, 0.15) is 17.5 Å². The highest BCUT2D eigenvalue weighted by atomic mass is 16.5. The SMILES string of the molecule is Cc1cccc2cc(C(=O)Nc3ccc4c(c3)CC(C)O4)n(C)c12. The molecule has 122 valence electrons. The topological polar surface area (TPSA) is 43.3 Å². The highest BCUT2D eigenvalue weighted by Crippen LogP contribution is 2.31. The van der Waals surface area contributed by atoms with E-state index >= 15 is 0 Å². The number of rotatable bonds is 2. The lowest BCUT2D eigenvalue weighted by Crippen LogP contribution is -2.15. The number of benzene rings is 2. The first-order chi connectivity index (χ1) is 11.5. The van der Waals surface area contributed by atoms with E-state index in [9.17, 15) is 4.79 Å². The molecule has 0 saturated carbocycles. The summed E-state index contributed by atoms with van der Waals surface area (Å²) in [5.41, 5.74) is 4.87. The number of nitrogens with one attached hydrogen (secondary N) is 1. The molecule has 0 bridgehead atoms. The predicted molar refractivity (Wildman–Crippen MR) is 95.8 cm³/mol. The predicted octanol–water partition coefficient (Wildman–Crippen LogP) is 4.06. The number of ether oxygens (including phenoxy) is 1. The first kappa shape index (κ1) is 14.8. The van der Waals surface area contributed by atoms with E-state index in [1.807, 2.05) is 48.0 Å². The number of carbonyl (C=O) groups is 1. The molecule has 3 aromatic rings. The second kappa shape index (κ2) is 5.41. The minimum Gasteiger partial charge on any atom is -0.490 e. The third-order valence-electron chi connectivity index (χ3n) is 4.64. The Labute approximate surface area is 141 Å². The van der Waals surface area contributed by atoms with Crippen LogP contribution < -0.4 is 10.1 Å². The van der Waals surface area contributed by atoms with E-state index < -0.39 is 0 Å². The lowest BCUT2D eigenvalue weighted by Gasteiger charge is -2.08. The van der Waals surface area contributed by atoms with Crippen molar-refractivity contribution in [2.75, 3.05) is 5.32 Å². The van der Waals surface area contributed by atoms with Gasteiger partial charge in [0, 0.05) is 24.5 Å². The first-order valence-corrected chi connectivity index (χ1v) is 8.19. The van der Waals surface area contributed by atoms with E-state index in [1.54, 1.807) is 0 Å². The first-order valence-electron chi connectivity index (χ1n) is 8.19. The molecule has 0 spiro atoms. The molecular weight excluding hydrogens is 300 g/mol. The zero-order valence-corrected chi connectivity index (χ0v) is 14.1. The number of para-hydroxylation sites is 1. The Kier molecular flexibility index (Phi) is 3.34. The summed E-state index contributed by atoms with van der Waals surface area (Å²) in [5, 5.41) is 4.09. The second-order valence-corrected chi connectivity index (χ2v) is 6.51. The Bertz CT molecular complexity index is 956. The summed E-state index contributed by atoms with van der Waals surface area (Å²) in [4.78, 5) is 12.7. The van der Waals surface area contributed by atoms with E-state index in [0.29, 0.717) is 5.69 Å². The molecule has 1 atom stereocenters. The monoisotopic (exact) mass is 320 g/mol. The van der Waals surface area contributed by atoms with Crippen LogP contribution in [0.2, 0.25) is 0 Å². The van der Waals surface area contributed by atoms with Crippen LogP contribution in [0.15, 0.2) is 42.5 Å². The standard InChI is InChI=1S/C20H20N2O2/c1-12-5-4-6-14-11-17(22(3)19(12)14)20(23)21-16-7-8-18-15(10-16)9-13(2)24-18/h4-8,10-11,13H,9H2,1-3H3,(H,21,23). The summed E-state index contributed by atoms with van der Waals surface area (Å²) in [7, 11) is 1.93. The zero-order chi connectivity index (χ0) is 16.8. The summed E-state index contributed by atoms with van der Waals surface area (Å²) in [6.07, 6.45) is 1.08. The molecule has 1 amide bonds. The molecule has 4 nitrogen and oxygen atoms in total. The third-order valence-corrected chi connectivity index (χ3v) is 4.64. The number of amides is 1. The van der Waals surface area contributed by atoms with Gasteiger partial charge in [0.2, 0.25) is 0 Å². The van der Waals surface area contributed by atoms with E-state index in [0.717, 1.165) is 39.9 Å². The minimum atomic E-state index is -0.0972. The summed E-state index contributed by atoms with van der Waals surface area (Å²) in [5.74, 6) is 0.820. The van der Waals surface area contributed by atoms with Gasteiger partial charge < -0.3 is 14.6 Å². The van der Waals surface area contributed by atoms with Crippen LogP contribution in [-0.4, -0.2) is 16.6 Å². The molecule has 1 N–H and O–H groups in total. The van der Waals surface area contributed by atoms with Gasteiger partial charge in [-0.25, -0.2) is 0 Å². The second-order valence-electron chi connectivity index (χ2n) is 6.51. The molecule has 2 heterocycles. The Morgan fingerprint density at radius 1 is 1.25 bits per heavy atom. The van der Waals surface area contributed by atoms with Crippen molar-refractivity contribution in [3.8, 4) is 5.75 Å². The van der Waals surface area contributed by atoms with Crippen molar-refractivity contribution in [1.82, 2.24) is 4.57 Å². The molecule has 2 aromatic carbocycles. The van der Waals surface area contributed by atoms with Crippen molar-refractivity contribution in [3.05, 3.63) is 59.3 Å². The van der Waals surface area contributed by atoms with E-state index in [-0.39, 0.29) is 12.0 Å². The fraction of sp³-hybridized carbons (Fsp3) is 0.250. The van der Waals surface area contributed by atoms with Gasteiger partial charge in [0.05, 0.1) is 5.52 Å². The van der Waals surface area contributed by atoms with Crippen LogP contribution in [0.25, 0.3) is 10.9 Å². The lowest BCUT2D eigenvalue weighted by atomic mass is 10.1. The molecular formula is C20H20N2O2. The lowest BCUT2D eigenvalue weighted by molar-refractivity contribution is 0.101. The maximum absolute atomic E-state index is 12.7.